The highest BCUT2D eigenvalue weighted by Crippen LogP contribution is 2.35. The molecule has 0 saturated carbocycles. The summed E-state index contributed by atoms with van der Waals surface area (Å²) in [5.41, 5.74) is 9.10. The second-order valence-electron chi connectivity index (χ2n) is 6.00. The van der Waals surface area contributed by atoms with Crippen molar-refractivity contribution in [3.8, 4) is 10.4 Å². The maximum absolute atomic E-state index is 11.8. The molecule has 0 spiro atoms. The van der Waals surface area contributed by atoms with Crippen LogP contribution in [0.25, 0.3) is 10.4 Å². The molecule has 0 aliphatic rings. The summed E-state index contributed by atoms with van der Waals surface area (Å²) < 4.78 is 0. The molecule has 0 fully saturated rings. The topological polar surface area (TPSA) is 43.1 Å². The monoisotopic (exact) mass is 287 g/mol. The van der Waals surface area contributed by atoms with E-state index in [0.29, 0.717) is 17.0 Å². The predicted octanol–water partition coefficient (Wildman–Crippen LogP) is 4.89. The van der Waals surface area contributed by atoms with E-state index in [4.69, 9.17) is 5.73 Å². The van der Waals surface area contributed by atoms with Gasteiger partial charge in [0, 0.05) is 11.3 Å². The number of hydrogen-bond donors (Lipinski definition) is 1. The van der Waals surface area contributed by atoms with Crippen LogP contribution in [0.3, 0.4) is 0 Å². The molecule has 0 unspecified atom stereocenters. The molecule has 0 radical (unpaired) electrons. The first kappa shape index (κ1) is 14.8. The van der Waals surface area contributed by atoms with Gasteiger partial charge >= 0.3 is 0 Å². The summed E-state index contributed by atoms with van der Waals surface area (Å²) in [7, 11) is 0. The summed E-state index contributed by atoms with van der Waals surface area (Å²) >= 11 is 1.48. The van der Waals surface area contributed by atoms with E-state index in [0.717, 1.165) is 10.4 Å². The molecule has 0 saturated heterocycles. The van der Waals surface area contributed by atoms with Gasteiger partial charge in [-0.3, -0.25) is 4.79 Å². The minimum atomic E-state index is 0.116. The Morgan fingerprint density at radius 3 is 2.30 bits per heavy atom. The van der Waals surface area contributed by atoms with Crippen molar-refractivity contribution >= 4 is 22.8 Å². The van der Waals surface area contributed by atoms with E-state index < -0.39 is 0 Å². The van der Waals surface area contributed by atoms with E-state index in [1.54, 1.807) is 0 Å². The van der Waals surface area contributed by atoms with Crippen LogP contribution in [0, 0.1) is 0 Å². The molecule has 2 rings (SSSR count). The fourth-order valence-corrected chi connectivity index (χ4v) is 3.16. The van der Waals surface area contributed by atoms with Crippen LogP contribution >= 0.6 is 11.3 Å². The molecule has 3 heteroatoms. The Labute approximate surface area is 124 Å². The van der Waals surface area contributed by atoms with Crippen LogP contribution in [0.5, 0.6) is 0 Å². The molecule has 1 aromatic heterocycles. The largest absolute Gasteiger partial charge is 0.397 e. The Hall–Kier alpha value is -1.61. The maximum Gasteiger partial charge on any atom is 0.174 e. The number of benzene rings is 1. The number of thiophene rings is 1. The van der Waals surface area contributed by atoms with Gasteiger partial charge in [0.15, 0.2) is 5.78 Å². The molecule has 106 valence electrons. The van der Waals surface area contributed by atoms with Gasteiger partial charge in [-0.05, 0) is 22.6 Å². The molecule has 1 aromatic carbocycles. The second kappa shape index (κ2) is 5.41. The lowest BCUT2D eigenvalue weighted by Gasteiger charge is -2.18. The second-order valence-corrected chi connectivity index (χ2v) is 7.05. The fraction of sp³-hybridized carbons (Fsp3) is 0.353. The SMILES string of the molecule is CCC(=O)c1sc(-c2ccc(C(C)(C)C)cc2)cc1N. The predicted molar refractivity (Wildman–Crippen MR) is 87.5 cm³/mol. The van der Waals surface area contributed by atoms with Crippen molar-refractivity contribution in [3.05, 3.63) is 40.8 Å². The van der Waals surface area contributed by atoms with Gasteiger partial charge < -0.3 is 5.73 Å². The van der Waals surface area contributed by atoms with E-state index in [-0.39, 0.29) is 11.2 Å². The molecule has 20 heavy (non-hydrogen) atoms. The van der Waals surface area contributed by atoms with Crippen LogP contribution in [-0.4, -0.2) is 5.78 Å². The third kappa shape index (κ3) is 2.93. The van der Waals surface area contributed by atoms with Gasteiger partial charge in [-0.1, -0.05) is 52.0 Å². The molecular formula is C17H21NOS. The first-order valence-electron chi connectivity index (χ1n) is 6.86. The Kier molecular flexibility index (Phi) is 4.00. The molecular weight excluding hydrogens is 266 g/mol. The summed E-state index contributed by atoms with van der Waals surface area (Å²) in [4.78, 5) is 13.5. The maximum atomic E-state index is 11.8. The lowest BCUT2D eigenvalue weighted by Crippen LogP contribution is -2.10. The van der Waals surface area contributed by atoms with Crippen molar-refractivity contribution < 1.29 is 4.79 Å². The zero-order valence-electron chi connectivity index (χ0n) is 12.5. The van der Waals surface area contributed by atoms with E-state index in [1.165, 1.54) is 16.9 Å². The van der Waals surface area contributed by atoms with Crippen molar-refractivity contribution in [1.82, 2.24) is 0 Å². The molecule has 0 aliphatic heterocycles. The Balaban J connectivity index is 2.35. The minimum Gasteiger partial charge on any atom is -0.397 e. The van der Waals surface area contributed by atoms with Crippen molar-refractivity contribution in [2.75, 3.05) is 5.73 Å². The van der Waals surface area contributed by atoms with E-state index in [1.807, 2.05) is 13.0 Å². The number of ketones is 1. The van der Waals surface area contributed by atoms with Crippen LogP contribution in [0.4, 0.5) is 5.69 Å². The number of Topliss-reactive ketones (excluding diaryl/α,β-unsaturated/α-hetero) is 1. The summed E-state index contributed by atoms with van der Waals surface area (Å²) in [6, 6.07) is 10.4. The van der Waals surface area contributed by atoms with E-state index >= 15 is 0 Å². The number of rotatable bonds is 3. The summed E-state index contributed by atoms with van der Waals surface area (Å²) in [5, 5.41) is 0. The third-order valence-electron chi connectivity index (χ3n) is 3.37. The molecule has 0 bridgehead atoms. The normalized spacial score (nSPS) is 11.6. The average molecular weight is 287 g/mol. The van der Waals surface area contributed by atoms with E-state index in [2.05, 4.69) is 45.0 Å². The van der Waals surface area contributed by atoms with Gasteiger partial charge in [-0.25, -0.2) is 0 Å². The first-order chi connectivity index (χ1) is 9.32. The number of nitrogens with two attached hydrogens (primary N) is 1. The summed E-state index contributed by atoms with van der Waals surface area (Å²) in [6.07, 6.45) is 0.493. The van der Waals surface area contributed by atoms with E-state index in [9.17, 15) is 4.79 Å². The zero-order valence-corrected chi connectivity index (χ0v) is 13.3. The van der Waals surface area contributed by atoms with Crippen LogP contribution in [0.15, 0.2) is 30.3 Å². The van der Waals surface area contributed by atoms with Gasteiger partial charge in [0.25, 0.3) is 0 Å². The highest BCUT2D eigenvalue weighted by atomic mass is 32.1. The number of anilines is 1. The minimum absolute atomic E-state index is 0.116. The number of carbonyl (C=O) groups excluding carboxylic acids is 1. The lowest BCUT2D eigenvalue weighted by molar-refractivity contribution is 0.0993. The molecule has 0 amide bonds. The first-order valence-corrected chi connectivity index (χ1v) is 7.68. The van der Waals surface area contributed by atoms with Crippen molar-refractivity contribution in [2.45, 2.75) is 39.5 Å². The molecule has 0 atom stereocenters. The van der Waals surface area contributed by atoms with Gasteiger partial charge in [0.2, 0.25) is 0 Å². The van der Waals surface area contributed by atoms with Crippen LogP contribution in [-0.2, 0) is 5.41 Å². The van der Waals surface area contributed by atoms with Gasteiger partial charge in [0.1, 0.15) is 0 Å². The third-order valence-corrected chi connectivity index (χ3v) is 4.61. The van der Waals surface area contributed by atoms with Crippen molar-refractivity contribution in [3.63, 3.8) is 0 Å². The number of carbonyl (C=O) groups is 1. The van der Waals surface area contributed by atoms with Gasteiger partial charge in [-0.15, -0.1) is 11.3 Å². The van der Waals surface area contributed by atoms with Crippen molar-refractivity contribution in [2.24, 2.45) is 0 Å². The molecule has 1 heterocycles. The standard InChI is InChI=1S/C17H21NOS/c1-5-14(19)16-13(18)10-15(20-16)11-6-8-12(9-7-11)17(2,3)4/h6-10H,5,18H2,1-4H3. The van der Waals surface area contributed by atoms with Crippen LogP contribution < -0.4 is 5.73 Å². The van der Waals surface area contributed by atoms with Gasteiger partial charge in [-0.2, -0.15) is 0 Å². The number of nitrogen functional groups attached to an aromatic ring is 1. The quantitative estimate of drug-likeness (QED) is 0.817. The summed E-state index contributed by atoms with van der Waals surface area (Å²) in [5.74, 6) is 0.116. The van der Waals surface area contributed by atoms with Crippen LogP contribution in [0.2, 0.25) is 0 Å². The summed E-state index contributed by atoms with van der Waals surface area (Å²) in [6.45, 7) is 8.45. The van der Waals surface area contributed by atoms with Crippen LogP contribution in [0.1, 0.15) is 49.4 Å². The Morgan fingerprint density at radius 1 is 1.20 bits per heavy atom. The molecule has 2 nitrogen and oxygen atoms in total. The lowest BCUT2D eigenvalue weighted by atomic mass is 9.86. The van der Waals surface area contributed by atoms with Crippen molar-refractivity contribution in [1.29, 1.82) is 0 Å². The zero-order chi connectivity index (χ0) is 14.9. The molecule has 2 N–H and O–H groups in total. The molecule has 2 aromatic rings. The fourth-order valence-electron chi connectivity index (χ4n) is 2.06. The Morgan fingerprint density at radius 2 is 1.80 bits per heavy atom. The highest BCUT2D eigenvalue weighted by molar-refractivity contribution is 7.18. The average Bonchev–Trinajstić information content (AvgIpc) is 2.79. The Bertz CT molecular complexity index is 617. The van der Waals surface area contributed by atoms with Gasteiger partial charge in [0.05, 0.1) is 10.6 Å². The smallest absolute Gasteiger partial charge is 0.174 e. The molecule has 0 aliphatic carbocycles. The highest BCUT2D eigenvalue weighted by Gasteiger charge is 2.16. The number of hydrogen-bond acceptors (Lipinski definition) is 3.